The Bertz CT molecular complexity index is 396. The van der Waals surface area contributed by atoms with Crippen molar-refractivity contribution in [1.29, 1.82) is 0 Å². The molecular weight excluding hydrogens is 222 g/mol. The number of nitrogens with one attached hydrogen (secondary N) is 1. The highest BCUT2D eigenvalue weighted by Gasteiger charge is 2.09. The van der Waals surface area contributed by atoms with Crippen LogP contribution in [0.25, 0.3) is 0 Å². The van der Waals surface area contributed by atoms with E-state index in [1.807, 2.05) is 12.1 Å². The van der Waals surface area contributed by atoms with E-state index in [0.717, 1.165) is 5.56 Å². The summed E-state index contributed by atoms with van der Waals surface area (Å²) in [5.74, 6) is 6.33. The monoisotopic (exact) mass is 239 g/mol. The van der Waals surface area contributed by atoms with Gasteiger partial charge in [-0.05, 0) is 17.7 Å². The molecule has 0 saturated carbocycles. The lowest BCUT2D eigenvalue weighted by Crippen LogP contribution is -2.40. The maximum Gasteiger partial charge on any atom is 0.331 e. The van der Waals surface area contributed by atoms with Crippen molar-refractivity contribution < 1.29 is 14.3 Å². The van der Waals surface area contributed by atoms with E-state index in [-0.39, 0.29) is 6.03 Å². The minimum absolute atomic E-state index is 0.347. The molecule has 0 saturated heterocycles. The van der Waals surface area contributed by atoms with Crippen molar-refractivity contribution >= 4 is 6.03 Å². The molecule has 0 aliphatic carbocycles. The van der Waals surface area contributed by atoms with Crippen LogP contribution in [0.1, 0.15) is 5.56 Å². The summed E-state index contributed by atoms with van der Waals surface area (Å²) in [5.41, 5.74) is 2.99. The first-order valence-corrected chi connectivity index (χ1v) is 5.05. The zero-order valence-corrected chi connectivity index (χ0v) is 10.2. The summed E-state index contributed by atoms with van der Waals surface area (Å²) in [6.45, 7) is 0.434. The fraction of sp³-hybridized carbons (Fsp3) is 0.364. The van der Waals surface area contributed by atoms with E-state index in [9.17, 15) is 4.79 Å². The molecule has 0 aliphatic rings. The largest absolute Gasteiger partial charge is 0.493 e. The lowest BCUT2D eigenvalue weighted by molar-refractivity contribution is 0.207. The quantitative estimate of drug-likeness (QED) is 0.461. The molecule has 0 bridgehead atoms. The smallest absolute Gasteiger partial charge is 0.331 e. The van der Waals surface area contributed by atoms with Gasteiger partial charge in [-0.1, -0.05) is 6.07 Å². The summed E-state index contributed by atoms with van der Waals surface area (Å²) in [4.78, 5) is 12.7. The van der Waals surface area contributed by atoms with Crippen LogP contribution in [0.15, 0.2) is 18.2 Å². The molecule has 0 aliphatic heterocycles. The number of rotatable bonds is 4. The molecule has 6 nitrogen and oxygen atoms in total. The summed E-state index contributed by atoms with van der Waals surface area (Å²) >= 11 is 0. The van der Waals surface area contributed by atoms with Crippen molar-refractivity contribution in [3.8, 4) is 11.5 Å². The van der Waals surface area contributed by atoms with Crippen LogP contribution < -0.4 is 20.7 Å². The second kappa shape index (κ2) is 5.95. The van der Waals surface area contributed by atoms with Crippen molar-refractivity contribution in [3.63, 3.8) is 0 Å². The number of hydrazine groups is 1. The predicted molar refractivity (Wildman–Crippen MR) is 63.7 cm³/mol. The van der Waals surface area contributed by atoms with Gasteiger partial charge in [0, 0.05) is 13.6 Å². The molecule has 0 radical (unpaired) electrons. The van der Waals surface area contributed by atoms with Crippen molar-refractivity contribution in [2.24, 2.45) is 5.84 Å². The molecule has 1 aromatic carbocycles. The third-order valence-electron chi connectivity index (χ3n) is 2.34. The standard InChI is InChI=1S/C11H17N3O3/c1-14(11(15)13-12)7-8-4-5-9(16-2)10(6-8)17-3/h4-6H,7,12H2,1-3H3,(H,13,15). The van der Waals surface area contributed by atoms with Crippen molar-refractivity contribution in [2.45, 2.75) is 6.54 Å². The van der Waals surface area contributed by atoms with Gasteiger partial charge < -0.3 is 14.4 Å². The minimum Gasteiger partial charge on any atom is -0.493 e. The number of urea groups is 1. The first kappa shape index (κ1) is 13.1. The molecule has 1 aromatic rings. The molecule has 0 heterocycles. The van der Waals surface area contributed by atoms with E-state index in [4.69, 9.17) is 15.3 Å². The number of amides is 2. The molecule has 2 amide bonds. The number of hydrogen-bond donors (Lipinski definition) is 2. The van der Waals surface area contributed by atoms with Gasteiger partial charge in [-0.15, -0.1) is 0 Å². The maximum absolute atomic E-state index is 11.2. The Kier molecular flexibility index (Phi) is 4.59. The maximum atomic E-state index is 11.2. The Labute approximate surface area is 100 Å². The van der Waals surface area contributed by atoms with Crippen LogP contribution >= 0.6 is 0 Å². The second-order valence-electron chi connectivity index (χ2n) is 3.49. The molecule has 0 atom stereocenters. The van der Waals surface area contributed by atoms with E-state index in [1.165, 1.54) is 4.90 Å². The van der Waals surface area contributed by atoms with Crippen molar-refractivity contribution in [2.75, 3.05) is 21.3 Å². The summed E-state index contributed by atoms with van der Waals surface area (Å²) in [6, 6.07) is 5.13. The fourth-order valence-electron chi connectivity index (χ4n) is 1.43. The van der Waals surface area contributed by atoms with Crippen LogP contribution in [-0.2, 0) is 6.54 Å². The molecule has 0 spiro atoms. The molecule has 1 rings (SSSR count). The topological polar surface area (TPSA) is 76.8 Å². The summed E-state index contributed by atoms with van der Waals surface area (Å²) in [7, 11) is 4.79. The normalized spacial score (nSPS) is 9.65. The van der Waals surface area contributed by atoms with Crippen molar-refractivity contribution in [1.82, 2.24) is 10.3 Å². The van der Waals surface area contributed by atoms with Crippen LogP contribution in [0.5, 0.6) is 11.5 Å². The highest BCUT2D eigenvalue weighted by molar-refractivity contribution is 5.73. The summed E-state index contributed by atoms with van der Waals surface area (Å²) in [5, 5.41) is 0. The number of benzene rings is 1. The second-order valence-corrected chi connectivity index (χ2v) is 3.49. The average molecular weight is 239 g/mol. The highest BCUT2D eigenvalue weighted by Crippen LogP contribution is 2.27. The molecule has 0 fully saturated rings. The molecule has 0 aromatic heterocycles. The zero-order chi connectivity index (χ0) is 12.8. The third kappa shape index (κ3) is 3.25. The molecule has 0 unspecified atom stereocenters. The Balaban J connectivity index is 2.82. The molecule has 6 heteroatoms. The first-order chi connectivity index (χ1) is 8.12. The van der Waals surface area contributed by atoms with Crippen LogP contribution in [0.2, 0.25) is 0 Å². The highest BCUT2D eigenvalue weighted by atomic mass is 16.5. The van der Waals surface area contributed by atoms with Gasteiger partial charge in [-0.25, -0.2) is 10.6 Å². The van der Waals surface area contributed by atoms with Crippen LogP contribution in [0.4, 0.5) is 4.79 Å². The Morgan fingerprint density at radius 3 is 2.53 bits per heavy atom. The van der Waals surface area contributed by atoms with Gasteiger partial charge in [-0.3, -0.25) is 5.43 Å². The molecule has 17 heavy (non-hydrogen) atoms. The van der Waals surface area contributed by atoms with Gasteiger partial charge in [0.15, 0.2) is 11.5 Å². The van der Waals surface area contributed by atoms with Crippen LogP contribution in [0.3, 0.4) is 0 Å². The van der Waals surface area contributed by atoms with Gasteiger partial charge in [0.05, 0.1) is 14.2 Å². The van der Waals surface area contributed by atoms with E-state index >= 15 is 0 Å². The van der Waals surface area contributed by atoms with Gasteiger partial charge in [-0.2, -0.15) is 0 Å². The number of hydrogen-bond acceptors (Lipinski definition) is 4. The van der Waals surface area contributed by atoms with Crippen molar-refractivity contribution in [3.05, 3.63) is 23.8 Å². The molecule has 94 valence electrons. The number of methoxy groups -OCH3 is 2. The fourth-order valence-corrected chi connectivity index (χ4v) is 1.43. The Morgan fingerprint density at radius 1 is 1.35 bits per heavy atom. The third-order valence-corrected chi connectivity index (χ3v) is 2.34. The van der Waals surface area contributed by atoms with E-state index in [2.05, 4.69) is 5.43 Å². The Hall–Kier alpha value is -1.95. The zero-order valence-electron chi connectivity index (χ0n) is 10.2. The van der Waals surface area contributed by atoms with E-state index in [1.54, 1.807) is 27.3 Å². The van der Waals surface area contributed by atoms with Gasteiger partial charge in [0.25, 0.3) is 0 Å². The number of carbonyl (C=O) groups is 1. The lowest BCUT2D eigenvalue weighted by atomic mass is 10.2. The number of carbonyl (C=O) groups excluding carboxylic acids is 1. The first-order valence-electron chi connectivity index (χ1n) is 5.05. The van der Waals surface area contributed by atoms with Gasteiger partial charge in [0.1, 0.15) is 0 Å². The lowest BCUT2D eigenvalue weighted by Gasteiger charge is -2.17. The van der Waals surface area contributed by atoms with Crippen LogP contribution in [-0.4, -0.2) is 32.2 Å². The average Bonchev–Trinajstić information content (AvgIpc) is 2.37. The molecule has 3 N–H and O–H groups in total. The molecular formula is C11H17N3O3. The Morgan fingerprint density at radius 2 is 2.00 bits per heavy atom. The van der Waals surface area contributed by atoms with Crippen LogP contribution in [0, 0.1) is 0 Å². The van der Waals surface area contributed by atoms with Gasteiger partial charge >= 0.3 is 6.03 Å². The number of nitrogens with two attached hydrogens (primary N) is 1. The summed E-state index contributed by atoms with van der Waals surface area (Å²) < 4.78 is 10.3. The number of nitrogens with zero attached hydrogens (tertiary/aromatic N) is 1. The SMILES string of the molecule is COc1ccc(CN(C)C(=O)NN)cc1OC. The van der Waals surface area contributed by atoms with E-state index < -0.39 is 0 Å². The van der Waals surface area contributed by atoms with E-state index in [0.29, 0.717) is 18.0 Å². The van der Waals surface area contributed by atoms with Gasteiger partial charge in [0.2, 0.25) is 0 Å². The number of ether oxygens (including phenoxy) is 2. The minimum atomic E-state index is -0.347. The predicted octanol–water partition coefficient (Wildman–Crippen LogP) is 0.719. The summed E-state index contributed by atoms with van der Waals surface area (Å²) in [6.07, 6.45) is 0.